The van der Waals surface area contributed by atoms with Crippen LogP contribution in [0.3, 0.4) is 0 Å². The zero-order valence-corrected chi connectivity index (χ0v) is 6.27. The molecule has 6 heteroatoms. The van der Waals surface area contributed by atoms with Crippen LogP contribution in [0.2, 0.25) is 0 Å². The maximum absolute atomic E-state index is 12.7. The van der Waals surface area contributed by atoms with Crippen molar-refractivity contribution < 1.29 is 22.7 Å². The lowest BCUT2D eigenvalue weighted by Crippen LogP contribution is -2.03. The number of halogens is 4. The average molecular weight is 195 g/mol. The van der Waals surface area contributed by atoms with Gasteiger partial charge in [-0.25, -0.2) is 18.2 Å². The van der Waals surface area contributed by atoms with Gasteiger partial charge in [0.2, 0.25) is 5.95 Å². The van der Waals surface area contributed by atoms with E-state index in [1.807, 2.05) is 0 Å². The molecule has 0 aliphatic heterocycles. The third-order valence-corrected chi connectivity index (χ3v) is 1.39. The van der Waals surface area contributed by atoms with Crippen molar-refractivity contribution in [2.75, 3.05) is 0 Å². The molecular weight excluding hydrogens is 190 g/mol. The van der Waals surface area contributed by atoms with Crippen LogP contribution >= 0.6 is 0 Å². The van der Waals surface area contributed by atoms with Gasteiger partial charge in [-0.2, -0.15) is 4.39 Å². The van der Waals surface area contributed by atoms with Crippen molar-refractivity contribution in [3.8, 4) is 0 Å². The van der Waals surface area contributed by atoms with E-state index in [4.69, 9.17) is 5.11 Å². The molecule has 0 aliphatic carbocycles. The topological polar surface area (TPSA) is 33.1 Å². The fraction of sp³-hybridized carbons (Fsp3) is 0.286. The second kappa shape index (κ2) is 3.69. The van der Waals surface area contributed by atoms with Crippen molar-refractivity contribution in [3.05, 3.63) is 29.1 Å². The van der Waals surface area contributed by atoms with Crippen LogP contribution in [0.15, 0.2) is 6.07 Å². The van der Waals surface area contributed by atoms with Crippen LogP contribution in [0.4, 0.5) is 17.6 Å². The molecule has 2 nitrogen and oxygen atoms in total. The Morgan fingerprint density at radius 1 is 1.38 bits per heavy atom. The number of pyridine rings is 1. The minimum Gasteiger partial charge on any atom is -0.390 e. The predicted octanol–water partition coefficient (Wildman–Crippen LogP) is 1.79. The van der Waals surface area contributed by atoms with E-state index in [2.05, 4.69) is 4.98 Å². The summed E-state index contributed by atoms with van der Waals surface area (Å²) in [7, 11) is 0. The Kier molecular flexibility index (Phi) is 2.82. The Morgan fingerprint density at radius 2 is 2.00 bits per heavy atom. The summed E-state index contributed by atoms with van der Waals surface area (Å²) in [5, 5.41) is 8.43. The van der Waals surface area contributed by atoms with Gasteiger partial charge < -0.3 is 5.11 Å². The molecule has 0 spiro atoms. The summed E-state index contributed by atoms with van der Waals surface area (Å²) in [4.78, 5) is 2.94. The number of aliphatic hydroxyl groups is 1. The summed E-state index contributed by atoms with van der Waals surface area (Å²) in [5.41, 5.74) is -1.68. The Hall–Kier alpha value is -1.17. The van der Waals surface area contributed by atoms with E-state index in [1.165, 1.54) is 0 Å². The number of aliphatic hydroxyl groups excluding tert-OH is 1. The molecule has 0 aromatic carbocycles. The maximum Gasteiger partial charge on any atom is 0.271 e. The first-order valence-corrected chi connectivity index (χ1v) is 3.30. The highest BCUT2D eigenvalue weighted by Gasteiger charge is 2.20. The second-order valence-corrected chi connectivity index (χ2v) is 2.26. The highest BCUT2D eigenvalue weighted by atomic mass is 19.3. The molecule has 0 fully saturated rings. The summed E-state index contributed by atoms with van der Waals surface area (Å²) in [6.07, 6.45) is -3.25. The van der Waals surface area contributed by atoms with Crippen LogP contribution in [0.25, 0.3) is 0 Å². The van der Waals surface area contributed by atoms with E-state index in [0.29, 0.717) is 6.07 Å². The van der Waals surface area contributed by atoms with Crippen LogP contribution in [0, 0.1) is 11.8 Å². The normalized spacial score (nSPS) is 10.9. The van der Waals surface area contributed by atoms with Gasteiger partial charge in [0, 0.05) is 0 Å². The van der Waals surface area contributed by atoms with Gasteiger partial charge in [0.15, 0.2) is 0 Å². The van der Waals surface area contributed by atoms with Crippen molar-refractivity contribution >= 4 is 0 Å². The average Bonchev–Trinajstić information content (AvgIpc) is 2.02. The summed E-state index contributed by atoms with van der Waals surface area (Å²) in [5.74, 6) is -2.98. The van der Waals surface area contributed by atoms with Gasteiger partial charge in [-0.3, -0.25) is 0 Å². The fourth-order valence-corrected chi connectivity index (χ4v) is 0.816. The molecule has 0 atom stereocenters. The number of hydrogen-bond donors (Lipinski definition) is 1. The lowest BCUT2D eigenvalue weighted by Gasteiger charge is -2.04. The first-order valence-electron chi connectivity index (χ1n) is 3.30. The molecule has 1 aromatic heterocycles. The van der Waals surface area contributed by atoms with Crippen molar-refractivity contribution in [1.29, 1.82) is 0 Å². The molecule has 1 heterocycles. The van der Waals surface area contributed by atoms with E-state index >= 15 is 0 Å². The molecule has 13 heavy (non-hydrogen) atoms. The van der Waals surface area contributed by atoms with Gasteiger partial charge in [-0.15, -0.1) is 0 Å². The molecule has 0 saturated heterocycles. The van der Waals surface area contributed by atoms with E-state index in [1.54, 1.807) is 0 Å². The predicted molar refractivity (Wildman–Crippen MR) is 35.0 cm³/mol. The van der Waals surface area contributed by atoms with Crippen LogP contribution < -0.4 is 0 Å². The first-order chi connectivity index (χ1) is 6.06. The number of hydrogen-bond acceptors (Lipinski definition) is 2. The monoisotopic (exact) mass is 195 g/mol. The van der Waals surface area contributed by atoms with E-state index in [9.17, 15) is 17.6 Å². The van der Waals surface area contributed by atoms with Crippen LogP contribution in [-0.2, 0) is 6.61 Å². The summed E-state index contributed by atoms with van der Waals surface area (Å²) >= 11 is 0. The number of aromatic nitrogens is 1. The molecular formula is C7H5F4NO. The van der Waals surface area contributed by atoms with Crippen molar-refractivity contribution in [2.24, 2.45) is 0 Å². The quantitative estimate of drug-likeness (QED) is 0.576. The lowest BCUT2D eigenvalue weighted by atomic mass is 10.2. The summed E-state index contributed by atoms with van der Waals surface area (Å²) in [6, 6.07) is 0.574. The highest BCUT2D eigenvalue weighted by molar-refractivity contribution is 5.19. The highest BCUT2D eigenvalue weighted by Crippen LogP contribution is 2.24. The Labute approximate surface area is 70.8 Å². The number of nitrogens with zero attached hydrogens (tertiary/aromatic N) is 1. The SMILES string of the molecule is OCc1cc(F)c(C(F)F)c(F)n1. The summed E-state index contributed by atoms with van der Waals surface area (Å²) in [6.45, 7) is -0.697. The third-order valence-electron chi connectivity index (χ3n) is 1.39. The molecule has 1 rings (SSSR count). The zero-order valence-electron chi connectivity index (χ0n) is 6.27. The van der Waals surface area contributed by atoms with Crippen molar-refractivity contribution in [1.82, 2.24) is 4.98 Å². The Balaban J connectivity index is 3.23. The van der Waals surface area contributed by atoms with Gasteiger partial charge in [0.1, 0.15) is 11.4 Å². The second-order valence-electron chi connectivity index (χ2n) is 2.26. The van der Waals surface area contributed by atoms with Gasteiger partial charge in [-0.1, -0.05) is 0 Å². The van der Waals surface area contributed by atoms with Gasteiger partial charge in [-0.05, 0) is 6.07 Å². The van der Waals surface area contributed by atoms with Crippen molar-refractivity contribution in [3.63, 3.8) is 0 Å². The molecule has 72 valence electrons. The minimum atomic E-state index is -3.25. The first kappa shape index (κ1) is 9.91. The summed E-state index contributed by atoms with van der Waals surface area (Å²) < 4.78 is 49.2. The molecule has 1 aromatic rings. The van der Waals surface area contributed by atoms with Crippen LogP contribution in [0.1, 0.15) is 17.7 Å². The minimum absolute atomic E-state index is 0.320. The smallest absolute Gasteiger partial charge is 0.271 e. The Morgan fingerprint density at radius 3 is 2.38 bits per heavy atom. The fourth-order valence-electron chi connectivity index (χ4n) is 0.816. The Bertz CT molecular complexity index is 292. The maximum atomic E-state index is 12.7. The van der Waals surface area contributed by atoms with E-state index in [0.717, 1.165) is 0 Å². The van der Waals surface area contributed by atoms with Gasteiger partial charge in [0.25, 0.3) is 6.43 Å². The molecule has 1 N–H and O–H groups in total. The van der Waals surface area contributed by atoms with Crippen LogP contribution in [0.5, 0.6) is 0 Å². The van der Waals surface area contributed by atoms with E-state index in [-0.39, 0.29) is 5.69 Å². The zero-order chi connectivity index (χ0) is 10.0. The number of alkyl halides is 2. The third kappa shape index (κ3) is 1.95. The van der Waals surface area contributed by atoms with Crippen molar-refractivity contribution in [2.45, 2.75) is 13.0 Å². The lowest BCUT2D eigenvalue weighted by molar-refractivity contribution is 0.139. The molecule has 0 saturated carbocycles. The van der Waals surface area contributed by atoms with E-state index < -0.39 is 30.4 Å². The van der Waals surface area contributed by atoms with Gasteiger partial charge in [0.05, 0.1) is 12.3 Å². The van der Waals surface area contributed by atoms with Gasteiger partial charge >= 0.3 is 0 Å². The standard InChI is InChI=1S/C7H5F4NO/c8-4-1-3(2-13)12-7(11)5(4)6(9)10/h1,6,13H,2H2. The van der Waals surface area contributed by atoms with Crippen LogP contribution in [-0.4, -0.2) is 10.1 Å². The molecule has 0 radical (unpaired) electrons. The molecule has 0 aliphatic rings. The number of rotatable bonds is 2. The molecule has 0 unspecified atom stereocenters. The largest absolute Gasteiger partial charge is 0.390 e. The molecule has 0 amide bonds. The molecule has 0 bridgehead atoms.